The number of benzene rings is 1. The van der Waals surface area contributed by atoms with E-state index in [4.69, 9.17) is 15.0 Å². The number of nitrogens with zero attached hydrogens (tertiary/aromatic N) is 5. The number of nitrogens with one attached hydrogen (secondary N) is 1. The van der Waals surface area contributed by atoms with Gasteiger partial charge in [0.25, 0.3) is 5.71 Å². The molecule has 0 amide bonds. The van der Waals surface area contributed by atoms with Gasteiger partial charge in [0, 0.05) is 5.69 Å². The average Bonchev–Trinajstić information content (AvgIpc) is 3.49. The van der Waals surface area contributed by atoms with Gasteiger partial charge in [0.2, 0.25) is 11.9 Å². The molecule has 0 aliphatic heterocycles. The minimum absolute atomic E-state index is 0.0109. The van der Waals surface area contributed by atoms with Crippen LogP contribution in [0.2, 0.25) is 0 Å². The molecule has 0 atom stereocenters. The number of carbonyl (C=O) groups is 1. The molecule has 0 aliphatic carbocycles. The molecule has 0 saturated carbocycles. The summed E-state index contributed by atoms with van der Waals surface area (Å²) in [6.07, 6.45) is 0. The van der Waals surface area contributed by atoms with Gasteiger partial charge >= 0.3 is 5.97 Å². The number of pyridine rings is 1. The average molecular weight is 474 g/mol. The van der Waals surface area contributed by atoms with Gasteiger partial charge in [-0.2, -0.15) is 15.0 Å². The first-order chi connectivity index (χ1) is 16.5. The quantitative estimate of drug-likeness (QED) is 0.340. The molecule has 0 aliphatic rings. The van der Waals surface area contributed by atoms with Crippen LogP contribution in [0.1, 0.15) is 27.4 Å². The third kappa shape index (κ3) is 4.41. The molecule has 170 valence electrons. The summed E-state index contributed by atoms with van der Waals surface area (Å²) in [6.45, 7) is 3.54. The molecule has 0 unspecified atom stereocenters. The standard InChI is InChI=1S/C23H19N7O3S/c1-12-5-7-14(8-6-12)25-23-28-18(27-22(24)29-23)11-32-21(31)15-10-16(17-4-3-9-34-17)26-20-19(15)13(2)30-33-20/h3-10H,11H2,1-2H3,(H3,24,25,27,28,29). The van der Waals surface area contributed by atoms with Gasteiger partial charge in [-0.15, -0.1) is 11.3 Å². The number of esters is 1. The SMILES string of the molecule is Cc1ccc(Nc2nc(N)nc(COC(=O)c3cc(-c4cccs4)nc4onc(C)c34)n2)cc1. The normalized spacial score (nSPS) is 11.0. The molecule has 10 nitrogen and oxygen atoms in total. The number of anilines is 3. The van der Waals surface area contributed by atoms with E-state index in [1.54, 1.807) is 13.0 Å². The van der Waals surface area contributed by atoms with Crippen LogP contribution in [-0.4, -0.2) is 31.1 Å². The Morgan fingerprint density at radius 3 is 2.71 bits per heavy atom. The van der Waals surface area contributed by atoms with Crippen molar-refractivity contribution in [3.05, 3.63) is 70.5 Å². The van der Waals surface area contributed by atoms with Gasteiger partial charge in [-0.3, -0.25) is 0 Å². The van der Waals surface area contributed by atoms with Crippen LogP contribution in [0.15, 0.2) is 52.4 Å². The van der Waals surface area contributed by atoms with Gasteiger partial charge in [0.05, 0.1) is 27.2 Å². The first kappa shape index (κ1) is 21.5. The fourth-order valence-corrected chi connectivity index (χ4v) is 4.02. The van der Waals surface area contributed by atoms with Crippen LogP contribution in [0.25, 0.3) is 21.7 Å². The summed E-state index contributed by atoms with van der Waals surface area (Å²) in [5.74, 6) is -0.106. The second kappa shape index (κ2) is 8.87. The molecule has 4 heterocycles. The third-order valence-electron chi connectivity index (χ3n) is 4.95. The maximum Gasteiger partial charge on any atom is 0.339 e. The number of hydrogen-bond donors (Lipinski definition) is 2. The van der Waals surface area contributed by atoms with E-state index in [-0.39, 0.29) is 30.0 Å². The number of hydrogen-bond acceptors (Lipinski definition) is 11. The molecule has 5 rings (SSSR count). The van der Waals surface area contributed by atoms with Crippen molar-refractivity contribution in [1.29, 1.82) is 0 Å². The minimum Gasteiger partial charge on any atom is -0.454 e. The van der Waals surface area contributed by atoms with Gasteiger partial charge < -0.3 is 20.3 Å². The first-order valence-corrected chi connectivity index (χ1v) is 11.2. The lowest BCUT2D eigenvalue weighted by Crippen LogP contribution is -2.12. The molecule has 0 fully saturated rings. The molecule has 11 heteroatoms. The smallest absolute Gasteiger partial charge is 0.339 e. The van der Waals surface area contributed by atoms with Gasteiger partial charge in [0.15, 0.2) is 12.4 Å². The van der Waals surface area contributed by atoms with Crippen LogP contribution in [0, 0.1) is 13.8 Å². The Morgan fingerprint density at radius 1 is 1.12 bits per heavy atom. The number of aromatic nitrogens is 5. The van der Waals surface area contributed by atoms with E-state index >= 15 is 0 Å². The predicted octanol–water partition coefficient (Wildman–Crippen LogP) is 4.44. The summed E-state index contributed by atoms with van der Waals surface area (Å²) in [4.78, 5) is 30.9. The van der Waals surface area contributed by atoms with Crippen molar-refractivity contribution in [1.82, 2.24) is 25.1 Å². The summed E-state index contributed by atoms with van der Waals surface area (Å²) >= 11 is 1.50. The van der Waals surface area contributed by atoms with Crippen molar-refractivity contribution < 1.29 is 14.1 Å². The van der Waals surface area contributed by atoms with Gasteiger partial charge in [-0.25, -0.2) is 9.78 Å². The molecule has 5 aromatic rings. The summed E-state index contributed by atoms with van der Waals surface area (Å²) in [6, 6.07) is 13.2. The maximum atomic E-state index is 13.1. The molecule has 34 heavy (non-hydrogen) atoms. The Bertz CT molecular complexity index is 1480. The molecule has 0 saturated heterocycles. The Hall–Kier alpha value is -4.38. The van der Waals surface area contributed by atoms with Crippen LogP contribution in [0.3, 0.4) is 0 Å². The molecule has 4 aromatic heterocycles. The lowest BCUT2D eigenvalue weighted by molar-refractivity contribution is 0.0464. The summed E-state index contributed by atoms with van der Waals surface area (Å²) in [7, 11) is 0. The number of carbonyl (C=O) groups excluding carboxylic acids is 1. The monoisotopic (exact) mass is 473 g/mol. The van der Waals surface area contributed by atoms with E-state index in [1.165, 1.54) is 11.3 Å². The van der Waals surface area contributed by atoms with Crippen molar-refractivity contribution >= 4 is 46.0 Å². The summed E-state index contributed by atoms with van der Waals surface area (Å²) in [5.41, 5.74) is 9.47. The van der Waals surface area contributed by atoms with Crippen molar-refractivity contribution in [3.63, 3.8) is 0 Å². The Labute approximate surface area is 197 Å². The number of fused-ring (bicyclic) bond motifs is 1. The van der Waals surface area contributed by atoms with E-state index in [1.807, 2.05) is 48.7 Å². The van der Waals surface area contributed by atoms with Crippen LogP contribution in [0.4, 0.5) is 17.6 Å². The van der Waals surface area contributed by atoms with Crippen LogP contribution in [-0.2, 0) is 11.3 Å². The first-order valence-electron chi connectivity index (χ1n) is 10.3. The van der Waals surface area contributed by atoms with E-state index in [9.17, 15) is 4.79 Å². The highest BCUT2D eigenvalue weighted by Gasteiger charge is 2.21. The summed E-state index contributed by atoms with van der Waals surface area (Å²) in [5, 5.41) is 9.45. The van der Waals surface area contributed by atoms with Crippen LogP contribution >= 0.6 is 11.3 Å². The zero-order valence-corrected chi connectivity index (χ0v) is 19.1. The zero-order valence-electron chi connectivity index (χ0n) is 18.3. The fourth-order valence-electron chi connectivity index (χ4n) is 3.34. The highest BCUT2D eigenvalue weighted by atomic mass is 32.1. The largest absolute Gasteiger partial charge is 0.454 e. The fraction of sp³-hybridized carbons (Fsp3) is 0.130. The number of rotatable bonds is 6. The Balaban J connectivity index is 1.39. The lowest BCUT2D eigenvalue weighted by Gasteiger charge is -2.09. The lowest BCUT2D eigenvalue weighted by atomic mass is 10.1. The molecule has 0 bridgehead atoms. The predicted molar refractivity (Wildman–Crippen MR) is 128 cm³/mol. The van der Waals surface area contributed by atoms with Gasteiger partial charge in [0.1, 0.15) is 0 Å². The number of aryl methyl sites for hydroxylation is 2. The molecule has 0 radical (unpaired) electrons. The zero-order chi connectivity index (χ0) is 23.7. The van der Waals surface area contributed by atoms with E-state index in [2.05, 4.69) is 30.4 Å². The van der Waals surface area contributed by atoms with E-state index < -0.39 is 5.97 Å². The molecule has 0 spiro atoms. The number of thiophene rings is 1. The summed E-state index contributed by atoms with van der Waals surface area (Å²) < 4.78 is 10.8. The van der Waals surface area contributed by atoms with E-state index in [0.29, 0.717) is 22.3 Å². The van der Waals surface area contributed by atoms with Gasteiger partial charge in [-0.1, -0.05) is 28.9 Å². The van der Waals surface area contributed by atoms with Crippen molar-refractivity contribution in [3.8, 4) is 10.6 Å². The maximum absolute atomic E-state index is 13.1. The molecule has 3 N–H and O–H groups in total. The topological polar surface area (TPSA) is 142 Å². The van der Waals surface area contributed by atoms with E-state index in [0.717, 1.165) is 16.1 Å². The highest BCUT2D eigenvalue weighted by Crippen LogP contribution is 2.30. The molecule has 1 aromatic carbocycles. The Morgan fingerprint density at radius 2 is 1.94 bits per heavy atom. The van der Waals surface area contributed by atoms with Crippen molar-refractivity contribution in [2.24, 2.45) is 0 Å². The number of nitrogens with two attached hydrogens (primary N) is 1. The van der Waals surface area contributed by atoms with Crippen LogP contribution in [0.5, 0.6) is 0 Å². The van der Waals surface area contributed by atoms with Crippen LogP contribution < -0.4 is 11.1 Å². The highest BCUT2D eigenvalue weighted by molar-refractivity contribution is 7.13. The molecular formula is C23H19N7O3S. The Kier molecular flexibility index (Phi) is 5.60. The molecular weight excluding hydrogens is 454 g/mol. The van der Waals surface area contributed by atoms with Crippen molar-refractivity contribution in [2.75, 3.05) is 11.1 Å². The third-order valence-corrected chi connectivity index (χ3v) is 5.84. The number of ether oxygens (including phenoxy) is 1. The minimum atomic E-state index is -0.580. The van der Waals surface area contributed by atoms with Gasteiger partial charge in [-0.05, 0) is 43.5 Å². The van der Waals surface area contributed by atoms with Crippen molar-refractivity contribution in [2.45, 2.75) is 20.5 Å². The number of nitrogen functional groups attached to an aromatic ring is 1. The second-order valence-corrected chi connectivity index (χ2v) is 8.43. The second-order valence-electron chi connectivity index (χ2n) is 7.48.